The number of carbonyl (C=O) groups excluding carboxylic acids is 3. The first kappa shape index (κ1) is 24.2. The van der Waals surface area contributed by atoms with Gasteiger partial charge in [0.05, 0.1) is 17.0 Å². The van der Waals surface area contributed by atoms with Gasteiger partial charge in [-0.05, 0) is 68.0 Å². The molecular formula is C31H33N5O3. The first-order valence-electron chi connectivity index (χ1n) is 13.9. The highest BCUT2D eigenvalue weighted by molar-refractivity contribution is 5.97. The van der Waals surface area contributed by atoms with Crippen LogP contribution >= 0.6 is 0 Å². The van der Waals surface area contributed by atoms with Crippen molar-refractivity contribution in [3.05, 3.63) is 88.8 Å². The predicted molar refractivity (Wildman–Crippen MR) is 147 cm³/mol. The number of allylic oxidation sites excluding steroid dienone is 1. The maximum Gasteiger partial charge on any atom is 0.244 e. The molecule has 200 valence electrons. The fourth-order valence-electron chi connectivity index (χ4n) is 7.30. The molecule has 7 rings (SSSR count). The number of rotatable bonds is 4. The second kappa shape index (κ2) is 8.81. The van der Waals surface area contributed by atoms with Gasteiger partial charge in [-0.3, -0.25) is 19.3 Å². The molecule has 8 nitrogen and oxygen atoms in total. The van der Waals surface area contributed by atoms with Crippen molar-refractivity contribution in [3.63, 3.8) is 0 Å². The lowest BCUT2D eigenvalue weighted by atomic mass is 9.78. The highest BCUT2D eigenvalue weighted by Crippen LogP contribution is 2.48. The average Bonchev–Trinajstić information content (AvgIpc) is 3.60. The number of hydrogen-bond acceptors (Lipinski definition) is 5. The molecule has 1 spiro atoms. The second-order valence-corrected chi connectivity index (χ2v) is 11.7. The van der Waals surface area contributed by atoms with Crippen LogP contribution in [0.2, 0.25) is 0 Å². The van der Waals surface area contributed by atoms with Crippen LogP contribution in [0.25, 0.3) is 0 Å². The molecule has 4 aliphatic heterocycles. The highest BCUT2D eigenvalue weighted by Gasteiger charge is 2.53. The van der Waals surface area contributed by atoms with E-state index in [-0.39, 0.29) is 30.3 Å². The molecular weight excluding hydrogens is 490 g/mol. The molecule has 3 atom stereocenters. The Morgan fingerprint density at radius 1 is 1.10 bits per heavy atom. The number of hydrogen-bond donors (Lipinski definition) is 3. The summed E-state index contributed by atoms with van der Waals surface area (Å²) in [5.74, 6) is 0.655. The minimum atomic E-state index is -0.601. The van der Waals surface area contributed by atoms with Crippen LogP contribution in [-0.2, 0) is 27.2 Å². The van der Waals surface area contributed by atoms with Crippen molar-refractivity contribution in [2.75, 3.05) is 31.5 Å². The van der Waals surface area contributed by atoms with Crippen LogP contribution in [0.3, 0.4) is 0 Å². The van der Waals surface area contributed by atoms with Crippen molar-refractivity contribution in [2.24, 2.45) is 5.41 Å². The van der Waals surface area contributed by atoms with Gasteiger partial charge >= 0.3 is 0 Å². The summed E-state index contributed by atoms with van der Waals surface area (Å²) >= 11 is 0. The molecule has 0 bridgehead atoms. The monoisotopic (exact) mass is 523 g/mol. The third-order valence-electron chi connectivity index (χ3n) is 9.39. The van der Waals surface area contributed by atoms with E-state index in [4.69, 9.17) is 0 Å². The van der Waals surface area contributed by atoms with Crippen LogP contribution in [0.5, 0.6) is 0 Å². The van der Waals surface area contributed by atoms with Gasteiger partial charge in [-0.15, -0.1) is 0 Å². The Labute approximate surface area is 228 Å². The number of nitrogens with one attached hydrogen (secondary N) is 3. The first-order valence-corrected chi connectivity index (χ1v) is 13.9. The fourth-order valence-corrected chi connectivity index (χ4v) is 7.30. The molecule has 3 amide bonds. The van der Waals surface area contributed by atoms with Crippen molar-refractivity contribution in [1.82, 2.24) is 20.4 Å². The number of nitrogens with zero attached hydrogens (tertiary/aromatic N) is 2. The van der Waals surface area contributed by atoms with Crippen molar-refractivity contribution >= 4 is 23.4 Å². The quantitative estimate of drug-likeness (QED) is 0.573. The summed E-state index contributed by atoms with van der Waals surface area (Å²) in [5, 5.41) is 9.34. The van der Waals surface area contributed by atoms with Crippen LogP contribution < -0.4 is 16.0 Å². The summed E-state index contributed by atoms with van der Waals surface area (Å²) in [5.41, 5.74) is 3.80. The molecule has 39 heavy (non-hydrogen) atoms. The van der Waals surface area contributed by atoms with Crippen LogP contribution in [0.4, 0.5) is 5.69 Å². The third-order valence-corrected chi connectivity index (χ3v) is 9.39. The number of amides is 3. The van der Waals surface area contributed by atoms with Gasteiger partial charge in [0.2, 0.25) is 17.7 Å². The van der Waals surface area contributed by atoms with E-state index in [2.05, 4.69) is 26.9 Å². The van der Waals surface area contributed by atoms with E-state index in [1.165, 1.54) is 0 Å². The standard InChI is InChI=1S/C31H33N5O3/c1-30-12-6-14-35(30)18-25(20-7-3-2-4-8-20)36(29(30)39)19-26(37)33-23-11-10-21-16-31(17-22(21)15-23)24-9-5-13-32-27(24)34-28(31)38/h2-5,7-11,15,25,32H,6,12-14,16-19H2,1H3,(H,33,37)(H,34,38). The zero-order valence-corrected chi connectivity index (χ0v) is 22.1. The van der Waals surface area contributed by atoms with Gasteiger partial charge in [0.1, 0.15) is 12.4 Å². The number of dihydropyridines is 1. The topological polar surface area (TPSA) is 93.8 Å². The van der Waals surface area contributed by atoms with Crippen LogP contribution in [0.1, 0.15) is 42.5 Å². The Kier molecular flexibility index (Phi) is 5.46. The van der Waals surface area contributed by atoms with E-state index < -0.39 is 11.0 Å². The first-order chi connectivity index (χ1) is 18.9. The fraction of sp³-hybridized carbons (Fsp3) is 0.387. The Morgan fingerprint density at radius 2 is 1.92 bits per heavy atom. The molecule has 2 fully saturated rings. The Bertz CT molecular complexity index is 1450. The molecule has 0 radical (unpaired) electrons. The zero-order chi connectivity index (χ0) is 26.8. The summed E-state index contributed by atoms with van der Waals surface area (Å²) in [7, 11) is 0. The highest BCUT2D eigenvalue weighted by atomic mass is 16.2. The van der Waals surface area contributed by atoms with Crippen LogP contribution in [0, 0.1) is 5.41 Å². The summed E-state index contributed by atoms with van der Waals surface area (Å²) < 4.78 is 0. The second-order valence-electron chi connectivity index (χ2n) is 11.7. The van der Waals surface area contributed by atoms with Gasteiger partial charge in [-0.25, -0.2) is 0 Å². The van der Waals surface area contributed by atoms with Gasteiger partial charge in [0.25, 0.3) is 0 Å². The van der Waals surface area contributed by atoms with Gasteiger partial charge in [-0.2, -0.15) is 0 Å². The van der Waals surface area contributed by atoms with Gasteiger partial charge in [0, 0.05) is 24.4 Å². The Hall–Kier alpha value is -3.91. The van der Waals surface area contributed by atoms with Gasteiger partial charge < -0.3 is 20.9 Å². The molecule has 3 unspecified atom stereocenters. The molecule has 1 aliphatic carbocycles. The number of anilines is 1. The lowest BCUT2D eigenvalue weighted by Crippen LogP contribution is -2.63. The summed E-state index contributed by atoms with van der Waals surface area (Å²) in [6, 6.07) is 15.7. The maximum absolute atomic E-state index is 13.8. The number of fused-ring (bicyclic) bond motifs is 3. The molecule has 8 heteroatoms. The molecule has 0 aromatic heterocycles. The SMILES string of the molecule is CC12CCCN1CC(c1ccccc1)N(CC(=O)Nc1ccc3c(c1)CC1(C3)C(=O)NC3=C1C=CCN3)C2=O. The number of benzene rings is 2. The average molecular weight is 524 g/mol. The van der Waals surface area contributed by atoms with E-state index in [0.29, 0.717) is 25.1 Å². The molecule has 5 aliphatic rings. The predicted octanol–water partition coefficient (Wildman–Crippen LogP) is 2.65. The van der Waals surface area contributed by atoms with E-state index in [1.54, 1.807) is 4.90 Å². The number of piperazine rings is 1. The Balaban J connectivity index is 1.11. The molecule has 4 heterocycles. The van der Waals surface area contributed by atoms with Crippen molar-refractivity contribution in [2.45, 2.75) is 44.2 Å². The van der Waals surface area contributed by atoms with Crippen LogP contribution in [-0.4, -0.2) is 59.2 Å². The van der Waals surface area contributed by atoms with E-state index >= 15 is 0 Å². The summed E-state index contributed by atoms with van der Waals surface area (Å²) in [6.07, 6.45) is 7.15. The zero-order valence-electron chi connectivity index (χ0n) is 22.1. The maximum atomic E-state index is 13.8. The minimum Gasteiger partial charge on any atom is -0.368 e. The Morgan fingerprint density at radius 3 is 2.77 bits per heavy atom. The normalized spacial score (nSPS) is 29.3. The van der Waals surface area contributed by atoms with Crippen molar-refractivity contribution in [1.29, 1.82) is 0 Å². The van der Waals surface area contributed by atoms with Gasteiger partial charge in [-0.1, -0.05) is 48.6 Å². The van der Waals surface area contributed by atoms with Crippen molar-refractivity contribution < 1.29 is 14.4 Å². The molecule has 0 saturated carbocycles. The van der Waals surface area contributed by atoms with E-state index in [1.807, 2.05) is 61.5 Å². The molecule has 2 saturated heterocycles. The van der Waals surface area contributed by atoms with E-state index in [9.17, 15) is 14.4 Å². The molecule has 3 N–H and O–H groups in total. The lowest BCUT2D eigenvalue weighted by Gasteiger charge is -2.48. The number of carbonyl (C=O) groups is 3. The third kappa shape index (κ3) is 3.72. The smallest absolute Gasteiger partial charge is 0.244 e. The summed E-state index contributed by atoms with van der Waals surface area (Å²) in [4.78, 5) is 44.3. The summed E-state index contributed by atoms with van der Waals surface area (Å²) in [6.45, 7) is 4.36. The van der Waals surface area contributed by atoms with Crippen LogP contribution in [0.15, 0.2) is 72.1 Å². The largest absolute Gasteiger partial charge is 0.368 e. The van der Waals surface area contributed by atoms with Crippen molar-refractivity contribution in [3.8, 4) is 0 Å². The molecule has 2 aromatic carbocycles. The minimum absolute atomic E-state index is 0.00202. The van der Waals surface area contributed by atoms with Gasteiger partial charge in [0.15, 0.2) is 0 Å². The molecule has 2 aromatic rings. The van der Waals surface area contributed by atoms with E-state index in [0.717, 1.165) is 54.0 Å². The lowest BCUT2D eigenvalue weighted by molar-refractivity contribution is -0.154.